The normalized spacial score (nSPS) is 16.1. The predicted molar refractivity (Wildman–Crippen MR) is 118 cm³/mol. The summed E-state index contributed by atoms with van der Waals surface area (Å²) >= 11 is 5.96. The number of carbonyl (C=O) groups excluding carboxylic acids is 1. The lowest BCUT2D eigenvalue weighted by molar-refractivity contribution is 0.0940. The lowest BCUT2D eigenvalue weighted by atomic mass is 10.1. The van der Waals surface area contributed by atoms with Gasteiger partial charge in [0.05, 0.1) is 5.69 Å². The summed E-state index contributed by atoms with van der Waals surface area (Å²) in [5.41, 5.74) is 3.74. The van der Waals surface area contributed by atoms with Gasteiger partial charge in [-0.1, -0.05) is 23.7 Å². The van der Waals surface area contributed by atoms with Gasteiger partial charge in [0.25, 0.3) is 5.91 Å². The second-order valence-corrected chi connectivity index (χ2v) is 7.93. The van der Waals surface area contributed by atoms with Gasteiger partial charge in [-0.15, -0.1) is 0 Å². The first-order valence-electron chi connectivity index (χ1n) is 9.64. The number of amides is 1. The number of hydrogen-bond donors (Lipinski definition) is 2. The van der Waals surface area contributed by atoms with E-state index in [-0.39, 0.29) is 11.9 Å². The molecular formula is C22H24ClN5O. The summed E-state index contributed by atoms with van der Waals surface area (Å²) in [5.74, 6) is 0.855. The van der Waals surface area contributed by atoms with Crippen molar-refractivity contribution in [3.63, 3.8) is 0 Å². The van der Waals surface area contributed by atoms with Crippen molar-refractivity contribution in [2.75, 3.05) is 37.0 Å². The van der Waals surface area contributed by atoms with E-state index in [0.717, 1.165) is 42.3 Å². The van der Waals surface area contributed by atoms with Gasteiger partial charge in [-0.25, -0.2) is 0 Å². The quantitative estimate of drug-likeness (QED) is 0.672. The van der Waals surface area contributed by atoms with Gasteiger partial charge >= 0.3 is 0 Å². The van der Waals surface area contributed by atoms with Crippen LogP contribution in [0, 0.1) is 0 Å². The Morgan fingerprint density at radius 2 is 1.90 bits per heavy atom. The van der Waals surface area contributed by atoms with Crippen molar-refractivity contribution < 1.29 is 4.79 Å². The van der Waals surface area contributed by atoms with Crippen LogP contribution in [0.15, 0.2) is 54.6 Å². The van der Waals surface area contributed by atoms with Crippen molar-refractivity contribution in [1.82, 2.24) is 15.5 Å². The second-order valence-electron chi connectivity index (χ2n) is 7.49. The lowest BCUT2D eigenvalue weighted by Gasteiger charge is -2.16. The molecule has 0 bridgehead atoms. The maximum Gasteiger partial charge on any atom is 0.251 e. The zero-order valence-electron chi connectivity index (χ0n) is 16.5. The number of H-pyrrole nitrogens is 1. The van der Waals surface area contributed by atoms with Crippen molar-refractivity contribution >= 4 is 29.0 Å². The molecule has 1 fully saturated rings. The van der Waals surface area contributed by atoms with Crippen LogP contribution in [0.1, 0.15) is 16.8 Å². The van der Waals surface area contributed by atoms with Gasteiger partial charge in [0.1, 0.15) is 0 Å². The Balaban J connectivity index is 1.36. The van der Waals surface area contributed by atoms with Gasteiger partial charge in [-0.05, 0) is 48.4 Å². The topological polar surface area (TPSA) is 64.3 Å². The van der Waals surface area contributed by atoms with E-state index in [4.69, 9.17) is 11.6 Å². The van der Waals surface area contributed by atoms with E-state index < -0.39 is 0 Å². The third kappa shape index (κ3) is 4.38. The van der Waals surface area contributed by atoms with Crippen LogP contribution in [0.4, 0.5) is 11.5 Å². The van der Waals surface area contributed by atoms with Crippen LogP contribution < -0.4 is 15.1 Å². The largest absolute Gasteiger partial charge is 0.378 e. The van der Waals surface area contributed by atoms with Crippen molar-refractivity contribution in [3.8, 4) is 11.3 Å². The average molecular weight is 410 g/mol. The number of rotatable bonds is 5. The molecule has 0 saturated carbocycles. The van der Waals surface area contributed by atoms with Gasteiger partial charge in [-0.2, -0.15) is 5.10 Å². The van der Waals surface area contributed by atoms with Crippen LogP contribution in [0.3, 0.4) is 0 Å². The molecule has 1 aliphatic heterocycles. The number of nitrogens with zero attached hydrogens (tertiary/aromatic N) is 3. The van der Waals surface area contributed by atoms with Crippen LogP contribution >= 0.6 is 11.6 Å². The summed E-state index contributed by atoms with van der Waals surface area (Å²) in [6, 6.07) is 17.4. The monoisotopic (exact) mass is 409 g/mol. The summed E-state index contributed by atoms with van der Waals surface area (Å²) in [4.78, 5) is 16.8. The van der Waals surface area contributed by atoms with E-state index in [1.165, 1.54) is 0 Å². The molecule has 2 heterocycles. The Hall–Kier alpha value is -2.99. The van der Waals surface area contributed by atoms with Crippen molar-refractivity contribution in [1.29, 1.82) is 0 Å². The van der Waals surface area contributed by atoms with E-state index in [0.29, 0.717) is 10.6 Å². The zero-order valence-corrected chi connectivity index (χ0v) is 17.3. The number of halogens is 1. The molecule has 6 nitrogen and oxygen atoms in total. The van der Waals surface area contributed by atoms with Gasteiger partial charge in [0.2, 0.25) is 0 Å². The number of anilines is 2. The molecule has 1 aromatic heterocycles. The second kappa shape index (κ2) is 8.17. The van der Waals surface area contributed by atoms with Crippen LogP contribution in [0.2, 0.25) is 5.02 Å². The number of benzene rings is 2. The average Bonchev–Trinajstić information content (AvgIpc) is 3.38. The highest BCUT2D eigenvalue weighted by Gasteiger charge is 2.26. The molecule has 0 spiro atoms. The van der Waals surface area contributed by atoms with Gasteiger partial charge in [0.15, 0.2) is 5.82 Å². The van der Waals surface area contributed by atoms with Gasteiger partial charge in [-0.3, -0.25) is 9.89 Å². The highest BCUT2D eigenvalue weighted by atomic mass is 35.5. The summed E-state index contributed by atoms with van der Waals surface area (Å²) in [7, 11) is 3.96. The highest BCUT2D eigenvalue weighted by molar-refractivity contribution is 6.30. The number of aromatic nitrogens is 2. The molecule has 3 aromatic rings. The van der Waals surface area contributed by atoms with Crippen LogP contribution in [-0.2, 0) is 0 Å². The van der Waals surface area contributed by atoms with Crippen molar-refractivity contribution in [3.05, 3.63) is 65.2 Å². The van der Waals surface area contributed by atoms with E-state index in [1.54, 1.807) is 0 Å². The molecule has 0 unspecified atom stereocenters. The molecule has 1 atom stereocenters. The van der Waals surface area contributed by atoms with E-state index in [1.807, 2.05) is 73.6 Å². The Morgan fingerprint density at radius 1 is 1.17 bits per heavy atom. The van der Waals surface area contributed by atoms with Crippen LogP contribution in [0.25, 0.3) is 11.3 Å². The molecule has 0 radical (unpaired) electrons. The minimum absolute atomic E-state index is 0.0361. The van der Waals surface area contributed by atoms with Crippen LogP contribution in [0.5, 0.6) is 0 Å². The maximum atomic E-state index is 12.6. The maximum absolute atomic E-state index is 12.6. The van der Waals surface area contributed by atoms with E-state index in [2.05, 4.69) is 20.4 Å². The molecule has 2 aromatic carbocycles. The minimum atomic E-state index is -0.0361. The molecule has 2 N–H and O–H groups in total. The number of nitrogens with one attached hydrogen (secondary N) is 2. The fraction of sp³-hybridized carbons (Fsp3) is 0.273. The SMILES string of the molecule is CN(C)c1ccc(C(=O)N[C@@H]2CCN(c3cc(-c4ccc(Cl)cc4)[nH]n3)C2)cc1. The Morgan fingerprint density at radius 3 is 2.59 bits per heavy atom. The first-order valence-corrected chi connectivity index (χ1v) is 10.0. The van der Waals surface area contributed by atoms with Crippen LogP contribution in [-0.4, -0.2) is 49.3 Å². The van der Waals surface area contributed by atoms with E-state index >= 15 is 0 Å². The molecular weight excluding hydrogens is 386 g/mol. The number of hydrogen-bond acceptors (Lipinski definition) is 4. The first kappa shape index (κ1) is 19.3. The standard InChI is InChI=1S/C22H24ClN5O/c1-27(2)19-9-5-16(6-10-19)22(29)24-18-11-12-28(14-18)21-13-20(25-26-21)15-3-7-17(23)8-4-15/h3-10,13,18H,11-12,14H2,1-2H3,(H,24,29)(H,25,26)/t18-/m1/s1. The third-order valence-electron chi connectivity index (χ3n) is 5.21. The number of aromatic amines is 1. The first-order chi connectivity index (χ1) is 14.0. The Kier molecular flexibility index (Phi) is 5.45. The molecule has 1 aliphatic rings. The van der Waals surface area contributed by atoms with Gasteiger partial charge < -0.3 is 15.1 Å². The molecule has 150 valence electrons. The zero-order chi connectivity index (χ0) is 20.4. The summed E-state index contributed by atoms with van der Waals surface area (Å²) in [6.45, 7) is 1.60. The smallest absolute Gasteiger partial charge is 0.251 e. The molecule has 7 heteroatoms. The third-order valence-corrected chi connectivity index (χ3v) is 5.46. The van der Waals surface area contributed by atoms with E-state index in [9.17, 15) is 4.79 Å². The molecule has 1 saturated heterocycles. The molecule has 4 rings (SSSR count). The minimum Gasteiger partial charge on any atom is -0.378 e. The highest BCUT2D eigenvalue weighted by Crippen LogP contribution is 2.25. The Labute approximate surface area is 175 Å². The van der Waals surface area contributed by atoms with Crippen molar-refractivity contribution in [2.24, 2.45) is 0 Å². The summed E-state index contributed by atoms with van der Waals surface area (Å²) in [5, 5.41) is 11.4. The van der Waals surface area contributed by atoms with Gasteiger partial charge in [0, 0.05) is 55.6 Å². The summed E-state index contributed by atoms with van der Waals surface area (Å²) in [6.07, 6.45) is 0.894. The van der Waals surface area contributed by atoms with Crippen molar-refractivity contribution in [2.45, 2.75) is 12.5 Å². The molecule has 0 aliphatic carbocycles. The molecule has 29 heavy (non-hydrogen) atoms. The lowest BCUT2D eigenvalue weighted by Crippen LogP contribution is -2.37. The fourth-order valence-electron chi connectivity index (χ4n) is 3.52. The Bertz CT molecular complexity index is 981. The summed E-state index contributed by atoms with van der Waals surface area (Å²) < 4.78 is 0. The fourth-order valence-corrected chi connectivity index (χ4v) is 3.64. The number of carbonyl (C=O) groups is 1. The predicted octanol–water partition coefficient (Wildman–Crippen LogP) is 3.80. The molecule has 1 amide bonds.